The second kappa shape index (κ2) is 9.70. The van der Waals surface area contributed by atoms with Crippen molar-refractivity contribution in [3.8, 4) is 0 Å². The molecule has 1 aliphatic heterocycles. The van der Waals surface area contributed by atoms with Gasteiger partial charge in [0, 0.05) is 30.5 Å². The molecule has 2 rings (SSSR count). The number of halogens is 1. The van der Waals surface area contributed by atoms with E-state index in [9.17, 15) is 19.2 Å². The number of benzene rings is 1. The fourth-order valence-corrected chi connectivity index (χ4v) is 3.33. The number of rotatable bonds is 8. The van der Waals surface area contributed by atoms with Gasteiger partial charge in [-0.3, -0.25) is 24.1 Å². The Morgan fingerprint density at radius 3 is 2.30 bits per heavy atom. The van der Waals surface area contributed by atoms with Gasteiger partial charge in [0.25, 0.3) is 11.8 Å². The molecule has 0 aromatic heterocycles. The van der Waals surface area contributed by atoms with Crippen LogP contribution >= 0.6 is 15.9 Å². The molecule has 1 aromatic rings. The molecular formula is C21H28BrN3O5. The molecule has 3 amide bonds. The highest BCUT2D eigenvalue weighted by molar-refractivity contribution is 9.10. The molecule has 30 heavy (non-hydrogen) atoms. The number of nitrogens with zero attached hydrogens (tertiary/aromatic N) is 3. The Kier molecular flexibility index (Phi) is 7.76. The number of ether oxygens (including phenoxy) is 1. The van der Waals surface area contributed by atoms with Crippen LogP contribution in [0.5, 0.6) is 0 Å². The van der Waals surface area contributed by atoms with E-state index in [-0.39, 0.29) is 25.4 Å². The van der Waals surface area contributed by atoms with Gasteiger partial charge in [-0.2, -0.15) is 0 Å². The molecular weight excluding hydrogens is 454 g/mol. The summed E-state index contributed by atoms with van der Waals surface area (Å²) in [7, 11) is 3.74. The van der Waals surface area contributed by atoms with Crippen LogP contribution in [-0.2, 0) is 14.3 Å². The van der Waals surface area contributed by atoms with Crippen LogP contribution in [0.25, 0.3) is 0 Å². The molecule has 0 bridgehead atoms. The summed E-state index contributed by atoms with van der Waals surface area (Å²) >= 11 is 3.30. The minimum Gasteiger partial charge on any atom is -0.459 e. The first-order valence-electron chi connectivity index (χ1n) is 9.69. The molecule has 1 aliphatic rings. The van der Waals surface area contributed by atoms with Gasteiger partial charge in [-0.05, 0) is 53.1 Å². The van der Waals surface area contributed by atoms with E-state index in [0.717, 1.165) is 4.90 Å². The number of hydrogen-bond donors (Lipinski definition) is 0. The predicted octanol–water partition coefficient (Wildman–Crippen LogP) is 2.17. The SMILES string of the molecule is CN(C)CCN(CC(=O)OC(C)(C)C)C(=O)CCN1C(=O)c2ccc(Br)cc2C1=O. The Hall–Kier alpha value is -2.26. The minimum atomic E-state index is -0.651. The third-order valence-corrected chi connectivity index (χ3v) is 4.89. The largest absolute Gasteiger partial charge is 0.459 e. The summed E-state index contributed by atoms with van der Waals surface area (Å²) in [4.78, 5) is 54.5. The summed E-state index contributed by atoms with van der Waals surface area (Å²) < 4.78 is 6.02. The van der Waals surface area contributed by atoms with Crippen LogP contribution in [0, 0.1) is 0 Å². The zero-order valence-corrected chi connectivity index (χ0v) is 19.6. The van der Waals surface area contributed by atoms with Gasteiger partial charge in [0.15, 0.2) is 0 Å². The van der Waals surface area contributed by atoms with Crippen LogP contribution in [-0.4, -0.2) is 84.3 Å². The van der Waals surface area contributed by atoms with Gasteiger partial charge >= 0.3 is 5.97 Å². The molecule has 8 nitrogen and oxygen atoms in total. The van der Waals surface area contributed by atoms with Crippen molar-refractivity contribution in [2.24, 2.45) is 0 Å². The van der Waals surface area contributed by atoms with Crippen LogP contribution in [0.1, 0.15) is 47.9 Å². The zero-order chi connectivity index (χ0) is 22.6. The van der Waals surface area contributed by atoms with Crippen LogP contribution < -0.4 is 0 Å². The highest BCUT2D eigenvalue weighted by atomic mass is 79.9. The summed E-state index contributed by atoms with van der Waals surface area (Å²) in [5, 5.41) is 0. The molecule has 0 atom stereocenters. The van der Waals surface area contributed by atoms with E-state index in [1.165, 1.54) is 4.90 Å². The van der Waals surface area contributed by atoms with E-state index in [0.29, 0.717) is 28.7 Å². The minimum absolute atomic E-state index is 0.0460. The van der Waals surface area contributed by atoms with Crippen molar-refractivity contribution in [1.29, 1.82) is 0 Å². The first-order valence-corrected chi connectivity index (χ1v) is 10.5. The van der Waals surface area contributed by atoms with Crippen molar-refractivity contribution in [3.63, 3.8) is 0 Å². The Morgan fingerprint density at radius 2 is 1.70 bits per heavy atom. The van der Waals surface area contributed by atoms with Crippen LogP contribution in [0.3, 0.4) is 0 Å². The maximum atomic E-state index is 12.8. The second-order valence-corrected chi connectivity index (χ2v) is 9.32. The third kappa shape index (κ3) is 6.37. The van der Waals surface area contributed by atoms with Crippen molar-refractivity contribution >= 4 is 39.6 Å². The van der Waals surface area contributed by atoms with Crippen LogP contribution in [0.4, 0.5) is 0 Å². The summed E-state index contributed by atoms with van der Waals surface area (Å²) in [6, 6.07) is 4.89. The molecule has 0 N–H and O–H groups in total. The van der Waals surface area contributed by atoms with Gasteiger partial charge in [0.1, 0.15) is 12.1 Å². The van der Waals surface area contributed by atoms with E-state index in [4.69, 9.17) is 4.74 Å². The standard InChI is InChI=1S/C21H28BrN3O5/c1-21(2,3)30-18(27)13-24(11-10-23(4)5)17(26)8-9-25-19(28)15-7-6-14(22)12-16(15)20(25)29/h6-7,12H,8-11,13H2,1-5H3. The number of esters is 1. The molecule has 0 radical (unpaired) electrons. The Bertz CT molecular complexity index is 848. The van der Waals surface area contributed by atoms with Gasteiger partial charge in [-0.1, -0.05) is 15.9 Å². The maximum absolute atomic E-state index is 12.8. The highest BCUT2D eigenvalue weighted by Gasteiger charge is 2.36. The van der Waals surface area contributed by atoms with Crippen molar-refractivity contribution in [1.82, 2.24) is 14.7 Å². The lowest BCUT2D eigenvalue weighted by Gasteiger charge is -2.26. The van der Waals surface area contributed by atoms with Gasteiger partial charge < -0.3 is 14.5 Å². The molecule has 1 heterocycles. The molecule has 0 saturated carbocycles. The molecule has 1 aromatic carbocycles. The fourth-order valence-electron chi connectivity index (χ4n) is 2.97. The van der Waals surface area contributed by atoms with Gasteiger partial charge in [-0.25, -0.2) is 0 Å². The second-order valence-electron chi connectivity index (χ2n) is 8.41. The van der Waals surface area contributed by atoms with E-state index >= 15 is 0 Å². The lowest BCUT2D eigenvalue weighted by Crippen LogP contribution is -2.43. The lowest BCUT2D eigenvalue weighted by molar-refractivity contribution is -0.159. The smallest absolute Gasteiger partial charge is 0.326 e. The first-order chi connectivity index (χ1) is 13.9. The van der Waals surface area contributed by atoms with E-state index in [1.807, 2.05) is 19.0 Å². The van der Waals surface area contributed by atoms with E-state index in [2.05, 4.69) is 15.9 Å². The predicted molar refractivity (Wildman–Crippen MR) is 115 cm³/mol. The molecule has 0 spiro atoms. The summed E-state index contributed by atoms with van der Waals surface area (Å²) in [5.74, 6) is -1.65. The Morgan fingerprint density at radius 1 is 1.07 bits per heavy atom. The maximum Gasteiger partial charge on any atom is 0.326 e. The highest BCUT2D eigenvalue weighted by Crippen LogP contribution is 2.26. The molecule has 0 fully saturated rings. The topological polar surface area (TPSA) is 87.2 Å². The first kappa shape index (κ1) is 24.0. The van der Waals surface area contributed by atoms with Crippen molar-refractivity contribution < 1.29 is 23.9 Å². The lowest BCUT2D eigenvalue weighted by atomic mass is 10.1. The summed E-state index contributed by atoms with van der Waals surface area (Å²) in [6.45, 7) is 5.96. The number of hydrogen-bond acceptors (Lipinski definition) is 6. The monoisotopic (exact) mass is 481 g/mol. The molecule has 9 heteroatoms. The number of carbonyl (C=O) groups is 4. The summed E-state index contributed by atoms with van der Waals surface area (Å²) in [6.07, 6.45) is -0.0666. The van der Waals surface area contributed by atoms with Gasteiger partial charge in [0.2, 0.25) is 5.91 Å². The molecule has 0 unspecified atom stereocenters. The Balaban J connectivity index is 2.03. The Labute approximate surface area is 185 Å². The van der Waals surface area contributed by atoms with Crippen molar-refractivity contribution in [3.05, 3.63) is 33.8 Å². The molecule has 0 saturated heterocycles. The van der Waals surface area contributed by atoms with E-state index in [1.54, 1.807) is 39.0 Å². The average Bonchev–Trinajstić information content (AvgIpc) is 2.85. The number of imide groups is 1. The molecule has 0 aliphatic carbocycles. The van der Waals surface area contributed by atoms with Crippen LogP contribution in [0.15, 0.2) is 22.7 Å². The van der Waals surface area contributed by atoms with Gasteiger partial charge in [-0.15, -0.1) is 0 Å². The van der Waals surface area contributed by atoms with Crippen molar-refractivity contribution in [2.75, 3.05) is 40.3 Å². The number of likely N-dealkylation sites (N-methyl/N-ethyl adjacent to an activating group) is 1. The zero-order valence-electron chi connectivity index (χ0n) is 18.0. The number of carbonyl (C=O) groups excluding carboxylic acids is 4. The van der Waals surface area contributed by atoms with E-state index < -0.39 is 23.4 Å². The summed E-state index contributed by atoms with van der Waals surface area (Å²) in [5.41, 5.74) is -0.00386. The van der Waals surface area contributed by atoms with Gasteiger partial charge in [0.05, 0.1) is 11.1 Å². The van der Waals surface area contributed by atoms with Crippen LogP contribution in [0.2, 0.25) is 0 Å². The normalized spacial score (nSPS) is 13.6. The molecule has 164 valence electrons. The van der Waals surface area contributed by atoms with Crippen molar-refractivity contribution in [2.45, 2.75) is 32.8 Å². The number of amides is 3. The number of fused-ring (bicyclic) bond motifs is 1. The third-order valence-electron chi connectivity index (χ3n) is 4.39. The quantitative estimate of drug-likeness (QED) is 0.417. The average molecular weight is 482 g/mol. The fraction of sp³-hybridized carbons (Fsp3) is 0.524.